The van der Waals surface area contributed by atoms with Crippen LogP contribution in [0.25, 0.3) is 0 Å². The van der Waals surface area contributed by atoms with Gasteiger partial charge in [-0.25, -0.2) is 4.79 Å². The van der Waals surface area contributed by atoms with Crippen molar-refractivity contribution in [3.8, 4) is 0 Å². The first kappa shape index (κ1) is 16.5. The van der Waals surface area contributed by atoms with Crippen LogP contribution in [0.4, 0.5) is 0 Å². The normalized spacial score (nSPS) is 11.8. The van der Waals surface area contributed by atoms with Crippen molar-refractivity contribution in [1.29, 1.82) is 0 Å². The minimum Gasteiger partial charge on any atom is -0.478 e. The van der Waals surface area contributed by atoms with E-state index in [2.05, 4.69) is 6.92 Å². The van der Waals surface area contributed by atoms with Gasteiger partial charge >= 0.3 is 5.97 Å². The van der Waals surface area contributed by atoms with Gasteiger partial charge < -0.3 is 9.52 Å². The van der Waals surface area contributed by atoms with Crippen LogP contribution in [0.3, 0.4) is 0 Å². The van der Waals surface area contributed by atoms with E-state index in [1.807, 2.05) is 12.1 Å². The smallest absolute Gasteiger partial charge is 0.331 e. The molecule has 0 aliphatic carbocycles. The maximum Gasteiger partial charge on any atom is 0.331 e. The van der Waals surface area contributed by atoms with E-state index in [1.54, 1.807) is 12.3 Å². The van der Waals surface area contributed by atoms with Crippen LogP contribution in [-0.2, 0) is 11.2 Å². The minimum atomic E-state index is -0.843. The van der Waals surface area contributed by atoms with Crippen LogP contribution in [0, 0.1) is 0 Å². The van der Waals surface area contributed by atoms with Crippen molar-refractivity contribution in [1.82, 2.24) is 0 Å². The highest BCUT2D eigenvalue weighted by molar-refractivity contribution is 5.86. The number of carbonyl (C=O) groups is 1. The zero-order valence-corrected chi connectivity index (χ0v) is 12.4. The summed E-state index contributed by atoms with van der Waals surface area (Å²) in [7, 11) is 0. The van der Waals surface area contributed by atoms with Gasteiger partial charge in [-0.1, -0.05) is 51.5 Å². The Balaban J connectivity index is 2.21. The van der Waals surface area contributed by atoms with Gasteiger partial charge in [0.2, 0.25) is 0 Å². The Bertz CT molecular complexity index is 390. The lowest BCUT2D eigenvalue weighted by Crippen LogP contribution is -2.03. The van der Waals surface area contributed by atoms with Crippen LogP contribution < -0.4 is 0 Å². The van der Waals surface area contributed by atoms with E-state index in [0.29, 0.717) is 17.8 Å². The summed E-state index contributed by atoms with van der Waals surface area (Å²) in [5.41, 5.74) is 0.436. The van der Waals surface area contributed by atoms with Crippen molar-refractivity contribution in [3.05, 3.63) is 35.8 Å². The lowest BCUT2D eigenvalue weighted by molar-refractivity contribution is -0.132. The first-order chi connectivity index (χ1) is 9.74. The van der Waals surface area contributed by atoms with E-state index in [-0.39, 0.29) is 0 Å². The Morgan fingerprint density at radius 1 is 1.20 bits per heavy atom. The predicted molar refractivity (Wildman–Crippen MR) is 80.7 cm³/mol. The fourth-order valence-electron chi connectivity index (χ4n) is 2.21. The number of unbranched alkanes of at least 4 members (excludes halogenated alkanes) is 7. The Labute approximate surface area is 121 Å². The number of rotatable bonds is 11. The van der Waals surface area contributed by atoms with E-state index in [0.717, 1.165) is 12.8 Å². The molecule has 0 saturated heterocycles. The summed E-state index contributed by atoms with van der Waals surface area (Å²) in [6.07, 6.45) is 13.4. The van der Waals surface area contributed by atoms with Gasteiger partial charge in [0, 0.05) is 12.0 Å². The second kappa shape index (κ2) is 10.3. The molecule has 0 radical (unpaired) electrons. The van der Waals surface area contributed by atoms with Gasteiger partial charge in [-0.05, 0) is 25.0 Å². The lowest BCUT2D eigenvalue weighted by atomic mass is 10.1. The molecule has 1 heterocycles. The summed E-state index contributed by atoms with van der Waals surface area (Å²) in [6.45, 7) is 2.22. The van der Waals surface area contributed by atoms with Crippen molar-refractivity contribution in [2.45, 2.75) is 64.7 Å². The zero-order valence-electron chi connectivity index (χ0n) is 12.4. The van der Waals surface area contributed by atoms with Crippen molar-refractivity contribution in [3.63, 3.8) is 0 Å². The quantitative estimate of drug-likeness (QED) is 0.459. The number of allylic oxidation sites excluding steroid dienone is 1. The minimum absolute atomic E-state index is 0.374. The second-order valence-corrected chi connectivity index (χ2v) is 5.20. The summed E-state index contributed by atoms with van der Waals surface area (Å²) in [4.78, 5) is 11.2. The molecular weight excluding hydrogens is 252 g/mol. The molecule has 0 spiro atoms. The number of furan rings is 1. The van der Waals surface area contributed by atoms with Gasteiger partial charge in [0.15, 0.2) is 0 Å². The first-order valence-electron chi connectivity index (χ1n) is 7.68. The molecule has 1 rings (SSSR count). The highest BCUT2D eigenvalue weighted by Gasteiger charge is 2.09. The molecule has 20 heavy (non-hydrogen) atoms. The molecule has 0 fully saturated rings. The van der Waals surface area contributed by atoms with Crippen LogP contribution in [0.5, 0.6) is 0 Å². The van der Waals surface area contributed by atoms with Crippen molar-refractivity contribution in [2.75, 3.05) is 0 Å². The standard InChI is InChI=1S/C17H26O3/c1-2-3-4-5-6-7-8-9-11-15(17(18)19)14-16-12-10-13-20-16/h10-13H,2-9,14H2,1H3,(H,18,19). The van der Waals surface area contributed by atoms with E-state index in [9.17, 15) is 4.79 Å². The van der Waals surface area contributed by atoms with Crippen LogP contribution in [-0.4, -0.2) is 11.1 Å². The molecule has 0 aliphatic rings. The Hall–Kier alpha value is -1.51. The molecule has 3 heteroatoms. The van der Waals surface area contributed by atoms with E-state index < -0.39 is 5.97 Å². The average Bonchev–Trinajstić information content (AvgIpc) is 2.93. The Kier molecular flexibility index (Phi) is 8.52. The van der Waals surface area contributed by atoms with Gasteiger partial charge in [0.1, 0.15) is 5.76 Å². The van der Waals surface area contributed by atoms with Crippen LogP contribution in [0.1, 0.15) is 64.1 Å². The Morgan fingerprint density at radius 3 is 2.50 bits per heavy atom. The summed E-state index contributed by atoms with van der Waals surface area (Å²) in [6, 6.07) is 3.59. The molecule has 1 aromatic rings. The van der Waals surface area contributed by atoms with E-state index >= 15 is 0 Å². The van der Waals surface area contributed by atoms with Crippen molar-refractivity contribution < 1.29 is 14.3 Å². The highest BCUT2D eigenvalue weighted by Crippen LogP contribution is 2.13. The number of hydrogen-bond donors (Lipinski definition) is 1. The molecule has 3 nitrogen and oxygen atoms in total. The molecule has 0 unspecified atom stereocenters. The molecule has 112 valence electrons. The van der Waals surface area contributed by atoms with Crippen LogP contribution >= 0.6 is 0 Å². The van der Waals surface area contributed by atoms with Crippen molar-refractivity contribution in [2.24, 2.45) is 0 Å². The SMILES string of the molecule is CCCCCCCCCC=C(Cc1ccco1)C(=O)O. The summed E-state index contributed by atoms with van der Waals surface area (Å²) in [5, 5.41) is 9.16. The van der Waals surface area contributed by atoms with Gasteiger partial charge in [0.05, 0.1) is 6.26 Å². The fourth-order valence-corrected chi connectivity index (χ4v) is 2.21. The molecule has 0 atom stereocenters. The predicted octanol–water partition coefficient (Wildman–Crippen LogP) is 4.97. The van der Waals surface area contributed by atoms with Gasteiger partial charge in [-0.3, -0.25) is 0 Å². The average molecular weight is 278 g/mol. The third-order valence-electron chi connectivity index (χ3n) is 3.42. The number of aliphatic carboxylic acids is 1. The number of carboxylic acids is 1. The molecule has 0 aliphatic heterocycles. The van der Waals surface area contributed by atoms with Gasteiger partial charge in [0.25, 0.3) is 0 Å². The molecule has 0 bridgehead atoms. The highest BCUT2D eigenvalue weighted by atomic mass is 16.4. The molecule has 0 saturated carbocycles. The largest absolute Gasteiger partial charge is 0.478 e. The molecular formula is C17H26O3. The number of hydrogen-bond acceptors (Lipinski definition) is 2. The van der Waals surface area contributed by atoms with Crippen molar-refractivity contribution >= 4 is 5.97 Å². The fraction of sp³-hybridized carbons (Fsp3) is 0.588. The van der Waals surface area contributed by atoms with Gasteiger partial charge in [-0.2, -0.15) is 0 Å². The van der Waals surface area contributed by atoms with E-state index in [4.69, 9.17) is 9.52 Å². The maximum absolute atomic E-state index is 11.2. The molecule has 0 amide bonds. The Morgan fingerprint density at radius 2 is 1.90 bits per heavy atom. The summed E-state index contributed by atoms with van der Waals surface area (Å²) in [5.74, 6) is -0.137. The van der Waals surface area contributed by atoms with Crippen LogP contribution in [0.15, 0.2) is 34.5 Å². The third-order valence-corrected chi connectivity index (χ3v) is 3.42. The van der Waals surface area contributed by atoms with Gasteiger partial charge in [-0.15, -0.1) is 0 Å². The lowest BCUT2D eigenvalue weighted by Gasteiger charge is -2.02. The monoisotopic (exact) mass is 278 g/mol. The van der Waals surface area contributed by atoms with E-state index in [1.165, 1.54) is 38.5 Å². The topological polar surface area (TPSA) is 50.4 Å². The maximum atomic E-state index is 11.2. The second-order valence-electron chi connectivity index (χ2n) is 5.20. The molecule has 1 aromatic heterocycles. The third kappa shape index (κ3) is 7.17. The molecule has 1 N–H and O–H groups in total. The van der Waals surface area contributed by atoms with Crippen LogP contribution in [0.2, 0.25) is 0 Å². The summed E-state index contributed by atoms with van der Waals surface area (Å²) >= 11 is 0. The zero-order chi connectivity index (χ0) is 14.6. The number of carboxylic acid groups (broad SMARTS) is 1. The molecule has 0 aromatic carbocycles. The first-order valence-corrected chi connectivity index (χ1v) is 7.68. The summed E-state index contributed by atoms with van der Waals surface area (Å²) < 4.78 is 5.19.